The molecular formula is C14H23NO5. The van der Waals surface area contributed by atoms with Crippen molar-refractivity contribution in [1.82, 2.24) is 5.32 Å². The Balaban J connectivity index is 2.67. The summed E-state index contributed by atoms with van der Waals surface area (Å²) in [6.45, 7) is 5.25. The molecule has 0 aromatic carbocycles. The summed E-state index contributed by atoms with van der Waals surface area (Å²) < 4.78 is 9.88. The number of carbonyl (C=O) groups is 3. The summed E-state index contributed by atoms with van der Waals surface area (Å²) in [7, 11) is 1.28. The number of carbonyl (C=O) groups excluding carboxylic acids is 3. The number of alkyl carbamates (subject to hydrolysis) is 1. The van der Waals surface area contributed by atoms with Crippen LogP contribution < -0.4 is 5.32 Å². The Labute approximate surface area is 119 Å². The van der Waals surface area contributed by atoms with E-state index in [4.69, 9.17) is 9.47 Å². The molecule has 0 saturated heterocycles. The SMILES string of the molecule is COC(=O)[C@@H](NC(=O)OC(C)(C)C)C1CCC(=O)CC1. The molecule has 0 spiro atoms. The van der Waals surface area contributed by atoms with Gasteiger partial charge >= 0.3 is 12.1 Å². The number of esters is 1. The number of hydrogen-bond acceptors (Lipinski definition) is 5. The fourth-order valence-corrected chi connectivity index (χ4v) is 2.23. The molecule has 6 heteroatoms. The summed E-state index contributed by atoms with van der Waals surface area (Å²) >= 11 is 0. The van der Waals surface area contributed by atoms with Crippen molar-refractivity contribution < 1.29 is 23.9 Å². The van der Waals surface area contributed by atoms with Gasteiger partial charge in [-0.05, 0) is 39.5 Å². The lowest BCUT2D eigenvalue weighted by Gasteiger charge is -2.29. The molecule has 6 nitrogen and oxygen atoms in total. The van der Waals surface area contributed by atoms with E-state index in [0.717, 1.165) is 0 Å². The molecule has 0 aromatic heterocycles. The Morgan fingerprint density at radius 2 is 1.80 bits per heavy atom. The van der Waals surface area contributed by atoms with Gasteiger partial charge in [-0.15, -0.1) is 0 Å². The molecule has 1 aliphatic rings. The smallest absolute Gasteiger partial charge is 0.408 e. The van der Waals surface area contributed by atoms with E-state index in [0.29, 0.717) is 25.7 Å². The normalized spacial score (nSPS) is 18.3. The maximum absolute atomic E-state index is 11.8. The van der Waals surface area contributed by atoms with E-state index in [9.17, 15) is 14.4 Å². The lowest BCUT2D eigenvalue weighted by molar-refractivity contribution is -0.145. The summed E-state index contributed by atoms with van der Waals surface area (Å²) in [5.41, 5.74) is -0.632. The van der Waals surface area contributed by atoms with Crippen molar-refractivity contribution >= 4 is 17.8 Å². The van der Waals surface area contributed by atoms with Gasteiger partial charge in [0.25, 0.3) is 0 Å². The van der Waals surface area contributed by atoms with Crippen LogP contribution in [0.25, 0.3) is 0 Å². The van der Waals surface area contributed by atoms with Crippen LogP contribution in [-0.4, -0.2) is 36.6 Å². The van der Waals surface area contributed by atoms with Crippen LogP contribution in [0.15, 0.2) is 0 Å². The highest BCUT2D eigenvalue weighted by Crippen LogP contribution is 2.25. The van der Waals surface area contributed by atoms with Crippen molar-refractivity contribution in [3.8, 4) is 0 Å². The van der Waals surface area contributed by atoms with Gasteiger partial charge in [0, 0.05) is 12.8 Å². The molecule has 0 heterocycles. The third-order valence-corrected chi connectivity index (χ3v) is 3.19. The second kappa shape index (κ2) is 6.72. The molecule has 0 aromatic rings. The average molecular weight is 285 g/mol. The third kappa shape index (κ3) is 5.19. The molecular weight excluding hydrogens is 262 g/mol. The molecule has 20 heavy (non-hydrogen) atoms. The number of ketones is 1. The minimum Gasteiger partial charge on any atom is -0.467 e. The average Bonchev–Trinajstić information content (AvgIpc) is 2.34. The number of methoxy groups -OCH3 is 1. The molecule has 1 atom stereocenters. The van der Waals surface area contributed by atoms with Crippen LogP contribution >= 0.6 is 0 Å². The Bertz CT molecular complexity index is 376. The largest absolute Gasteiger partial charge is 0.467 e. The van der Waals surface area contributed by atoms with Crippen LogP contribution in [0.2, 0.25) is 0 Å². The molecule has 1 fully saturated rings. The van der Waals surface area contributed by atoms with Crippen molar-refractivity contribution in [2.75, 3.05) is 7.11 Å². The molecule has 1 aliphatic carbocycles. The first-order valence-electron chi connectivity index (χ1n) is 6.82. The number of rotatable bonds is 3. The zero-order valence-electron chi connectivity index (χ0n) is 12.5. The fraction of sp³-hybridized carbons (Fsp3) is 0.786. The first kappa shape index (κ1) is 16.5. The molecule has 0 aliphatic heterocycles. The lowest BCUT2D eigenvalue weighted by Crippen LogP contribution is -2.49. The number of Topliss-reactive ketones (excluding diaryl/α,β-unsaturated/α-hetero) is 1. The number of hydrogen-bond donors (Lipinski definition) is 1. The monoisotopic (exact) mass is 285 g/mol. The van der Waals surface area contributed by atoms with Crippen molar-refractivity contribution in [3.05, 3.63) is 0 Å². The van der Waals surface area contributed by atoms with Gasteiger partial charge in [-0.2, -0.15) is 0 Å². The maximum Gasteiger partial charge on any atom is 0.408 e. The van der Waals surface area contributed by atoms with Gasteiger partial charge in [0.05, 0.1) is 7.11 Å². The van der Waals surface area contributed by atoms with E-state index in [2.05, 4.69) is 5.32 Å². The zero-order valence-corrected chi connectivity index (χ0v) is 12.5. The maximum atomic E-state index is 11.8. The van der Waals surface area contributed by atoms with Crippen LogP contribution in [-0.2, 0) is 19.1 Å². The highest BCUT2D eigenvalue weighted by Gasteiger charge is 2.34. The minimum absolute atomic E-state index is 0.0901. The molecule has 0 bridgehead atoms. The van der Waals surface area contributed by atoms with Gasteiger partial charge < -0.3 is 14.8 Å². The minimum atomic E-state index is -0.761. The Morgan fingerprint density at radius 3 is 2.25 bits per heavy atom. The Hall–Kier alpha value is -1.59. The van der Waals surface area contributed by atoms with Crippen molar-refractivity contribution in [2.45, 2.75) is 58.1 Å². The first-order valence-corrected chi connectivity index (χ1v) is 6.82. The topological polar surface area (TPSA) is 81.7 Å². The summed E-state index contributed by atoms with van der Waals surface area (Å²) in [5.74, 6) is -0.398. The molecule has 0 radical (unpaired) electrons. The number of amides is 1. The molecule has 1 rings (SSSR count). The molecule has 1 N–H and O–H groups in total. The van der Waals surface area contributed by atoms with E-state index in [-0.39, 0.29) is 11.7 Å². The number of nitrogens with one attached hydrogen (secondary N) is 1. The lowest BCUT2D eigenvalue weighted by atomic mass is 9.83. The predicted molar refractivity (Wildman–Crippen MR) is 72.1 cm³/mol. The van der Waals surface area contributed by atoms with Gasteiger partial charge in [0.1, 0.15) is 17.4 Å². The van der Waals surface area contributed by atoms with Gasteiger partial charge in [-0.3, -0.25) is 4.79 Å². The van der Waals surface area contributed by atoms with Crippen LogP contribution in [0.4, 0.5) is 4.79 Å². The van der Waals surface area contributed by atoms with E-state index < -0.39 is 23.7 Å². The third-order valence-electron chi connectivity index (χ3n) is 3.19. The highest BCUT2D eigenvalue weighted by atomic mass is 16.6. The first-order chi connectivity index (χ1) is 9.23. The number of ether oxygens (including phenoxy) is 2. The molecule has 0 unspecified atom stereocenters. The van der Waals surface area contributed by atoms with Gasteiger partial charge in [0.15, 0.2) is 0 Å². The quantitative estimate of drug-likeness (QED) is 0.800. The van der Waals surface area contributed by atoms with E-state index in [1.807, 2.05) is 0 Å². The summed E-state index contributed by atoms with van der Waals surface area (Å²) in [4.78, 5) is 34.9. The second-order valence-corrected chi connectivity index (χ2v) is 6.02. The van der Waals surface area contributed by atoms with Crippen molar-refractivity contribution in [3.63, 3.8) is 0 Å². The van der Waals surface area contributed by atoms with E-state index in [1.54, 1.807) is 20.8 Å². The van der Waals surface area contributed by atoms with Crippen molar-refractivity contribution in [2.24, 2.45) is 5.92 Å². The summed E-state index contributed by atoms with van der Waals surface area (Å²) in [5, 5.41) is 2.56. The van der Waals surface area contributed by atoms with Gasteiger partial charge in [0.2, 0.25) is 0 Å². The van der Waals surface area contributed by atoms with Gasteiger partial charge in [-0.25, -0.2) is 9.59 Å². The van der Waals surface area contributed by atoms with Crippen LogP contribution in [0, 0.1) is 5.92 Å². The molecule has 1 saturated carbocycles. The molecule has 114 valence electrons. The fourth-order valence-electron chi connectivity index (χ4n) is 2.23. The Morgan fingerprint density at radius 1 is 1.25 bits per heavy atom. The van der Waals surface area contributed by atoms with E-state index >= 15 is 0 Å². The predicted octanol–water partition coefficient (Wildman–Crippen LogP) is 1.81. The van der Waals surface area contributed by atoms with Crippen LogP contribution in [0.3, 0.4) is 0 Å². The standard InChI is InChI=1S/C14H23NO5/c1-14(2,3)20-13(18)15-11(12(17)19-4)9-5-7-10(16)8-6-9/h9,11H,5-8H2,1-4H3,(H,15,18)/t11-/m0/s1. The van der Waals surface area contributed by atoms with Gasteiger partial charge in [-0.1, -0.05) is 0 Å². The summed E-state index contributed by atoms with van der Waals surface area (Å²) in [6, 6.07) is -0.761. The van der Waals surface area contributed by atoms with Crippen molar-refractivity contribution in [1.29, 1.82) is 0 Å². The van der Waals surface area contributed by atoms with Crippen LogP contribution in [0.5, 0.6) is 0 Å². The highest BCUT2D eigenvalue weighted by molar-refractivity contribution is 5.83. The zero-order chi connectivity index (χ0) is 15.3. The van der Waals surface area contributed by atoms with E-state index in [1.165, 1.54) is 7.11 Å². The van der Waals surface area contributed by atoms with Crippen LogP contribution in [0.1, 0.15) is 46.5 Å². The Kier molecular flexibility index (Phi) is 5.53. The second-order valence-electron chi connectivity index (χ2n) is 6.02. The summed E-state index contributed by atoms with van der Waals surface area (Å²) in [6.07, 6.45) is 1.38. The molecule has 1 amide bonds.